The average Bonchev–Trinajstić information content (AvgIpc) is 2.61. The Kier molecular flexibility index (Phi) is 6.87. The third-order valence-electron chi connectivity index (χ3n) is 6.43. The van der Waals surface area contributed by atoms with Gasteiger partial charge in [0.2, 0.25) is 0 Å². The van der Waals surface area contributed by atoms with E-state index in [1.807, 2.05) is 12.1 Å². The van der Waals surface area contributed by atoms with Crippen LogP contribution in [0.3, 0.4) is 0 Å². The van der Waals surface area contributed by atoms with E-state index in [9.17, 15) is 0 Å². The van der Waals surface area contributed by atoms with Crippen LogP contribution in [0.1, 0.15) is 82.6 Å². The Morgan fingerprint density at radius 1 is 0.652 bits per heavy atom. The zero-order valence-corrected chi connectivity index (χ0v) is 15.4. The van der Waals surface area contributed by atoms with Crippen LogP contribution < -0.4 is 0 Å². The second-order valence-corrected chi connectivity index (χ2v) is 8.57. The molecule has 0 spiro atoms. The molecule has 2 fully saturated rings. The van der Waals surface area contributed by atoms with E-state index in [4.69, 9.17) is 11.6 Å². The second-order valence-electron chi connectivity index (χ2n) is 8.13. The molecule has 0 nitrogen and oxygen atoms in total. The minimum Gasteiger partial charge on any atom is -0.0843 e. The number of hydrogen-bond acceptors (Lipinski definition) is 0. The fraction of sp³-hybridized carbons (Fsp3) is 0.727. The van der Waals surface area contributed by atoms with Gasteiger partial charge < -0.3 is 0 Å². The Morgan fingerprint density at radius 3 is 1.78 bits per heavy atom. The van der Waals surface area contributed by atoms with Gasteiger partial charge in [0, 0.05) is 5.02 Å². The number of hydrogen-bond donors (Lipinski definition) is 0. The van der Waals surface area contributed by atoms with Crippen molar-refractivity contribution in [1.29, 1.82) is 0 Å². The van der Waals surface area contributed by atoms with E-state index in [1.165, 1.54) is 89.0 Å². The largest absolute Gasteiger partial charge is 0.0843 e. The molecule has 3 rings (SSSR count). The fourth-order valence-corrected chi connectivity index (χ4v) is 4.90. The lowest BCUT2D eigenvalue weighted by molar-refractivity contribution is 0.229. The minimum absolute atomic E-state index is 0.854. The molecule has 2 aliphatic carbocycles. The van der Waals surface area contributed by atoms with E-state index >= 15 is 0 Å². The summed E-state index contributed by atoms with van der Waals surface area (Å²) in [5.74, 6) is 3.09. The van der Waals surface area contributed by atoms with Gasteiger partial charge in [-0.25, -0.2) is 0 Å². The number of rotatable bonds is 6. The third kappa shape index (κ3) is 5.82. The van der Waals surface area contributed by atoms with E-state index in [1.54, 1.807) is 0 Å². The van der Waals surface area contributed by atoms with Crippen molar-refractivity contribution in [2.24, 2.45) is 17.8 Å². The van der Waals surface area contributed by atoms with E-state index < -0.39 is 0 Å². The molecule has 0 unspecified atom stereocenters. The first kappa shape index (κ1) is 17.3. The van der Waals surface area contributed by atoms with Gasteiger partial charge >= 0.3 is 0 Å². The molecule has 0 saturated heterocycles. The zero-order valence-electron chi connectivity index (χ0n) is 14.6. The van der Waals surface area contributed by atoms with E-state index in [-0.39, 0.29) is 0 Å². The van der Waals surface area contributed by atoms with Crippen molar-refractivity contribution >= 4 is 11.6 Å². The van der Waals surface area contributed by atoms with E-state index in [0.29, 0.717) is 0 Å². The SMILES string of the molecule is Clc1ccc(CCC2CCC(CCC3CCCCC3)CC2)cc1. The lowest BCUT2D eigenvalue weighted by Gasteiger charge is -2.30. The number of benzene rings is 1. The third-order valence-corrected chi connectivity index (χ3v) is 6.68. The Balaban J connectivity index is 1.31. The standard InChI is InChI=1S/C22H33Cl/c23-22-16-14-21(15-17-22)13-12-20-10-8-19(9-11-20)7-6-18-4-2-1-3-5-18/h14-20H,1-13H2. The molecule has 1 aromatic carbocycles. The molecule has 0 bridgehead atoms. The number of aryl methyl sites for hydroxylation is 1. The Hall–Kier alpha value is -0.490. The monoisotopic (exact) mass is 332 g/mol. The maximum absolute atomic E-state index is 5.96. The quantitative estimate of drug-likeness (QED) is 0.507. The maximum atomic E-state index is 5.96. The zero-order chi connectivity index (χ0) is 15.9. The molecule has 0 aliphatic heterocycles. The molecule has 0 aromatic heterocycles. The summed E-state index contributed by atoms with van der Waals surface area (Å²) < 4.78 is 0. The molecule has 1 heteroatoms. The molecule has 0 radical (unpaired) electrons. The molecule has 0 atom stereocenters. The molecule has 2 aliphatic rings. The molecular weight excluding hydrogens is 300 g/mol. The number of halogens is 1. The molecule has 1 aromatic rings. The van der Waals surface area contributed by atoms with Crippen LogP contribution in [0.25, 0.3) is 0 Å². The highest BCUT2D eigenvalue weighted by Crippen LogP contribution is 2.36. The van der Waals surface area contributed by atoms with Gasteiger partial charge in [-0.05, 0) is 48.3 Å². The van der Waals surface area contributed by atoms with Crippen molar-refractivity contribution in [3.05, 3.63) is 34.9 Å². The predicted molar refractivity (Wildman–Crippen MR) is 101 cm³/mol. The Morgan fingerprint density at radius 2 is 1.17 bits per heavy atom. The van der Waals surface area contributed by atoms with Crippen molar-refractivity contribution in [1.82, 2.24) is 0 Å². The average molecular weight is 333 g/mol. The van der Waals surface area contributed by atoms with Crippen LogP contribution in [0.5, 0.6) is 0 Å². The van der Waals surface area contributed by atoms with Crippen LogP contribution >= 0.6 is 11.6 Å². The van der Waals surface area contributed by atoms with Crippen molar-refractivity contribution in [3.63, 3.8) is 0 Å². The summed E-state index contributed by atoms with van der Waals surface area (Å²) in [4.78, 5) is 0. The summed E-state index contributed by atoms with van der Waals surface area (Å²) in [6.45, 7) is 0. The van der Waals surface area contributed by atoms with Crippen molar-refractivity contribution < 1.29 is 0 Å². The van der Waals surface area contributed by atoms with Crippen molar-refractivity contribution in [3.8, 4) is 0 Å². The molecule has 128 valence electrons. The van der Waals surface area contributed by atoms with Gasteiger partial charge in [0.25, 0.3) is 0 Å². The fourth-order valence-electron chi connectivity index (χ4n) is 4.78. The highest BCUT2D eigenvalue weighted by Gasteiger charge is 2.22. The first-order valence-corrected chi connectivity index (χ1v) is 10.4. The van der Waals surface area contributed by atoms with Gasteiger partial charge in [-0.15, -0.1) is 0 Å². The Labute approximate surface area is 148 Å². The summed E-state index contributed by atoms with van der Waals surface area (Å²) in [6.07, 6.45) is 19.1. The summed E-state index contributed by atoms with van der Waals surface area (Å²) in [5, 5.41) is 0.854. The lowest BCUT2D eigenvalue weighted by Crippen LogP contribution is -2.16. The van der Waals surface area contributed by atoms with E-state index in [2.05, 4.69) is 12.1 Å². The molecule has 0 amide bonds. The van der Waals surface area contributed by atoms with Gasteiger partial charge in [0.05, 0.1) is 0 Å². The first-order valence-electron chi connectivity index (χ1n) is 10.0. The van der Waals surface area contributed by atoms with Crippen LogP contribution in [-0.4, -0.2) is 0 Å². The first-order chi connectivity index (χ1) is 11.3. The molecule has 23 heavy (non-hydrogen) atoms. The highest BCUT2D eigenvalue weighted by atomic mass is 35.5. The van der Waals surface area contributed by atoms with Gasteiger partial charge in [-0.2, -0.15) is 0 Å². The van der Waals surface area contributed by atoms with Crippen molar-refractivity contribution in [2.45, 2.75) is 83.5 Å². The summed E-state index contributed by atoms with van der Waals surface area (Å²) in [7, 11) is 0. The van der Waals surface area contributed by atoms with Gasteiger partial charge in [0.15, 0.2) is 0 Å². The normalized spacial score (nSPS) is 26.3. The smallest absolute Gasteiger partial charge is 0.0406 e. The Bertz CT molecular complexity index is 436. The minimum atomic E-state index is 0.854. The summed E-state index contributed by atoms with van der Waals surface area (Å²) >= 11 is 5.96. The summed E-state index contributed by atoms with van der Waals surface area (Å²) in [5.41, 5.74) is 1.45. The lowest BCUT2D eigenvalue weighted by atomic mass is 9.76. The van der Waals surface area contributed by atoms with Crippen LogP contribution in [0.15, 0.2) is 24.3 Å². The van der Waals surface area contributed by atoms with Crippen LogP contribution in [0.4, 0.5) is 0 Å². The molecule has 0 heterocycles. The second kappa shape index (κ2) is 9.11. The molecular formula is C22H33Cl. The van der Waals surface area contributed by atoms with Crippen LogP contribution in [0, 0.1) is 17.8 Å². The van der Waals surface area contributed by atoms with E-state index in [0.717, 1.165) is 22.8 Å². The highest BCUT2D eigenvalue weighted by molar-refractivity contribution is 6.30. The maximum Gasteiger partial charge on any atom is 0.0406 e. The van der Waals surface area contributed by atoms with Crippen LogP contribution in [0.2, 0.25) is 5.02 Å². The predicted octanol–water partition coefficient (Wildman–Crippen LogP) is 7.44. The van der Waals surface area contributed by atoms with Crippen molar-refractivity contribution in [2.75, 3.05) is 0 Å². The molecule has 2 saturated carbocycles. The topological polar surface area (TPSA) is 0 Å². The van der Waals surface area contributed by atoms with Gasteiger partial charge in [0.1, 0.15) is 0 Å². The van der Waals surface area contributed by atoms with Gasteiger partial charge in [-0.3, -0.25) is 0 Å². The van der Waals surface area contributed by atoms with Gasteiger partial charge in [-0.1, -0.05) is 94.4 Å². The van der Waals surface area contributed by atoms with Crippen LogP contribution in [-0.2, 0) is 6.42 Å². The summed E-state index contributed by atoms with van der Waals surface area (Å²) in [6, 6.07) is 8.44. The molecule has 0 N–H and O–H groups in total.